The van der Waals surface area contributed by atoms with Crippen LogP contribution in [0, 0.1) is 0 Å². The predicted octanol–water partition coefficient (Wildman–Crippen LogP) is 1.92. The Morgan fingerprint density at radius 3 is 2.30 bits per heavy atom. The van der Waals surface area contributed by atoms with E-state index in [1.54, 1.807) is 6.92 Å². The molecule has 3 N–H and O–H groups in total. The highest BCUT2D eigenvalue weighted by Crippen LogP contribution is 2.20. The van der Waals surface area contributed by atoms with Crippen LogP contribution in [0.15, 0.2) is 30.3 Å². The van der Waals surface area contributed by atoms with Crippen molar-refractivity contribution in [2.45, 2.75) is 44.7 Å². The Balaban J connectivity index is 2.83. The molecule has 0 aromatic heterocycles. The fraction of sp³-hybridized carbons (Fsp3) is 0.467. The molecule has 1 aromatic carbocycles. The van der Waals surface area contributed by atoms with Gasteiger partial charge in [0.2, 0.25) is 0 Å². The summed E-state index contributed by atoms with van der Waals surface area (Å²) in [6.45, 7) is 3.21. The largest absolute Gasteiger partial charge is 0.480 e. The first-order valence-corrected chi connectivity index (χ1v) is 6.69. The van der Waals surface area contributed by atoms with Gasteiger partial charge >= 0.3 is 11.9 Å². The van der Waals surface area contributed by atoms with E-state index in [2.05, 4.69) is 5.32 Å². The molecule has 0 radical (unpaired) electrons. The smallest absolute Gasteiger partial charge is 0.323 e. The minimum Gasteiger partial charge on any atom is -0.480 e. The molecule has 2 atom stereocenters. The maximum atomic E-state index is 11.6. The van der Waals surface area contributed by atoms with Crippen molar-refractivity contribution >= 4 is 11.9 Å². The summed E-state index contributed by atoms with van der Waals surface area (Å²) in [6, 6.07) is 8.67. The third-order valence-corrected chi connectivity index (χ3v) is 3.56. The Bertz CT molecular complexity index is 460. The topological polar surface area (TPSA) is 86.6 Å². The zero-order valence-corrected chi connectivity index (χ0v) is 11.8. The van der Waals surface area contributed by atoms with Crippen molar-refractivity contribution in [1.29, 1.82) is 0 Å². The predicted molar refractivity (Wildman–Crippen MR) is 75.7 cm³/mol. The van der Waals surface area contributed by atoms with Gasteiger partial charge in [-0.1, -0.05) is 37.3 Å². The number of carboxylic acids is 2. The lowest BCUT2D eigenvalue weighted by atomic mass is 9.87. The fourth-order valence-corrected chi connectivity index (χ4v) is 2.15. The van der Waals surface area contributed by atoms with Crippen molar-refractivity contribution in [3.63, 3.8) is 0 Å². The van der Waals surface area contributed by atoms with Crippen LogP contribution in [0.4, 0.5) is 0 Å². The van der Waals surface area contributed by atoms with Gasteiger partial charge in [-0.25, -0.2) is 0 Å². The van der Waals surface area contributed by atoms with Gasteiger partial charge in [-0.2, -0.15) is 0 Å². The summed E-state index contributed by atoms with van der Waals surface area (Å²) >= 11 is 0. The van der Waals surface area contributed by atoms with Crippen LogP contribution in [0.2, 0.25) is 0 Å². The standard InChI is InChI=1S/C15H21NO4/c1-3-15(14(19)20,16-11(2)13(17)18)10-9-12-7-5-4-6-8-12/h4-8,11,16H,3,9-10H2,1-2H3,(H,17,18)(H,19,20). The highest BCUT2D eigenvalue weighted by Gasteiger charge is 2.38. The van der Waals surface area contributed by atoms with Crippen molar-refractivity contribution in [3.8, 4) is 0 Å². The second-order valence-electron chi connectivity index (χ2n) is 4.93. The molecule has 0 aliphatic carbocycles. The Kier molecular flexibility index (Phi) is 5.70. The Morgan fingerprint density at radius 1 is 1.25 bits per heavy atom. The van der Waals surface area contributed by atoms with Gasteiger partial charge in [0.25, 0.3) is 0 Å². The molecule has 5 nitrogen and oxygen atoms in total. The molecule has 5 heteroatoms. The van der Waals surface area contributed by atoms with E-state index in [1.165, 1.54) is 6.92 Å². The number of aliphatic carboxylic acids is 2. The lowest BCUT2D eigenvalue weighted by Crippen LogP contribution is -2.57. The third-order valence-electron chi connectivity index (χ3n) is 3.56. The number of aryl methyl sites for hydroxylation is 1. The normalized spacial score (nSPS) is 15.3. The maximum Gasteiger partial charge on any atom is 0.323 e. The minimum absolute atomic E-state index is 0.326. The van der Waals surface area contributed by atoms with Crippen LogP contribution in [0.3, 0.4) is 0 Å². The summed E-state index contributed by atoms with van der Waals surface area (Å²) < 4.78 is 0. The van der Waals surface area contributed by atoms with Crippen LogP contribution < -0.4 is 5.32 Å². The number of rotatable bonds is 8. The van der Waals surface area contributed by atoms with Gasteiger partial charge in [-0.05, 0) is 31.7 Å². The first-order valence-electron chi connectivity index (χ1n) is 6.69. The zero-order chi connectivity index (χ0) is 15.2. The summed E-state index contributed by atoms with van der Waals surface area (Å²) in [6.07, 6.45) is 1.26. The number of hydrogen-bond acceptors (Lipinski definition) is 3. The van der Waals surface area contributed by atoms with E-state index in [9.17, 15) is 14.7 Å². The summed E-state index contributed by atoms with van der Waals surface area (Å²) in [4.78, 5) is 22.5. The van der Waals surface area contributed by atoms with E-state index in [0.29, 0.717) is 19.3 Å². The molecule has 0 aliphatic heterocycles. The third kappa shape index (κ3) is 4.06. The molecule has 2 unspecified atom stereocenters. The molecule has 0 spiro atoms. The van der Waals surface area contributed by atoms with E-state index >= 15 is 0 Å². The maximum absolute atomic E-state index is 11.6. The van der Waals surface area contributed by atoms with Crippen molar-refractivity contribution < 1.29 is 19.8 Å². The monoisotopic (exact) mass is 279 g/mol. The summed E-state index contributed by atoms with van der Waals surface area (Å²) in [7, 11) is 0. The molecule has 1 rings (SSSR count). The van der Waals surface area contributed by atoms with Gasteiger partial charge in [0.1, 0.15) is 11.6 Å². The highest BCUT2D eigenvalue weighted by atomic mass is 16.4. The first kappa shape index (κ1) is 16.2. The lowest BCUT2D eigenvalue weighted by Gasteiger charge is -2.31. The zero-order valence-electron chi connectivity index (χ0n) is 11.8. The average Bonchev–Trinajstić information content (AvgIpc) is 2.44. The van der Waals surface area contributed by atoms with Gasteiger partial charge in [0, 0.05) is 0 Å². The molecule has 20 heavy (non-hydrogen) atoms. The van der Waals surface area contributed by atoms with E-state index in [1.807, 2.05) is 30.3 Å². The number of hydrogen-bond donors (Lipinski definition) is 3. The molecule has 1 aromatic rings. The Hall–Kier alpha value is -1.88. The first-order chi connectivity index (χ1) is 9.41. The second-order valence-corrected chi connectivity index (χ2v) is 4.93. The highest BCUT2D eigenvalue weighted by molar-refractivity contribution is 5.81. The molecule has 0 saturated heterocycles. The van der Waals surface area contributed by atoms with Crippen molar-refractivity contribution in [2.24, 2.45) is 0 Å². The minimum atomic E-state index is -1.21. The van der Waals surface area contributed by atoms with Gasteiger partial charge in [-0.15, -0.1) is 0 Å². The molecular weight excluding hydrogens is 258 g/mol. The second kappa shape index (κ2) is 7.05. The summed E-state index contributed by atoms with van der Waals surface area (Å²) in [5, 5.41) is 21.2. The van der Waals surface area contributed by atoms with E-state index < -0.39 is 23.5 Å². The molecule has 0 fully saturated rings. The Labute approximate surface area is 118 Å². The van der Waals surface area contributed by atoms with Gasteiger partial charge in [0.05, 0.1) is 0 Å². The average molecular weight is 279 g/mol. The number of benzene rings is 1. The quantitative estimate of drug-likeness (QED) is 0.676. The van der Waals surface area contributed by atoms with Crippen molar-refractivity contribution in [2.75, 3.05) is 0 Å². The lowest BCUT2D eigenvalue weighted by molar-refractivity contribution is -0.147. The van der Waals surface area contributed by atoms with Gasteiger partial charge in [0.15, 0.2) is 0 Å². The van der Waals surface area contributed by atoms with E-state index in [4.69, 9.17) is 5.11 Å². The Morgan fingerprint density at radius 2 is 1.85 bits per heavy atom. The molecule has 0 heterocycles. The number of carboxylic acid groups (broad SMARTS) is 2. The SMILES string of the molecule is CCC(CCc1ccccc1)(NC(C)C(=O)O)C(=O)O. The van der Waals surface area contributed by atoms with Crippen LogP contribution in [-0.4, -0.2) is 33.7 Å². The molecule has 110 valence electrons. The van der Waals surface area contributed by atoms with Crippen LogP contribution in [0.1, 0.15) is 32.3 Å². The van der Waals surface area contributed by atoms with Gasteiger partial charge in [-0.3, -0.25) is 14.9 Å². The van der Waals surface area contributed by atoms with Crippen LogP contribution in [-0.2, 0) is 16.0 Å². The van der Waals surface area contributed by atoms with Crippen molar-refractivity contribution in [3.05, 3.63) is 35.9 Å². The van der Waals surface area contributed by atoms with E-state index in [-0.39, 0.29) is 0 Å². The van der Waals surface area contributed by atoms with Gasteiger partial charge < -0.3 is 10.2 Å². The van der Waals surface area contributed by atoms with Crippen LogP contribution in [0.5, 0.6) is 0 Å². The number of carbonyl (C=O) groups is 2. The summed E-state index contributed by atoms with van der Waals surface area (Å²) in [5.74, 6) is -2.06. The molecular formula is C15H21NO4. The molecule has 0 saturated carbocycles. The van der Waals surface area contributed by atoms with Crippen molar-refractivity contribution in [1.82, 2.24) is 5.32 Å². The molecule has 0 bridgehead atoms. The number of nitrogens with one attached hydrogen (secondary N) is 1. The molecule has 0 aliphatic rings. The fourth-order valence-electron chi connectivity index (χ4n) is 2.15. The summed E-state index contributed by atoms with van der Waals surface area (Å²) in [5.41, 5.74) is -0.176. The van der Waals surface area contributed by atoms with Crippen LogP contribution in [0.25, 0.3) is 0 Å². The van der Waals surface area contributed by atoms with E-state index in [0.717, 1.165) is 5.56 Å². The molecule has 0 amide bonds. The van der Waals surface area contributed by atoms with Crippen LogP contribution >= 0.6 is 0 Å².